The molecule has 2 rings (SSSR count). The van der Waals surface area contributed by atoms with Gasteiger partial charge in [0.15, 0.2) is 0 Å². The molecule has 0 saturated carbocycles. The highest BCUT2D eigenvalue weighted by Gasteiger charge is 2.11. The zero-order valence-electron chi connectivity index (χ0n) is 13.2. The fourth-order valence-electron chi connectivity index (χ4n) is 2.15. The van der Waals surface area contributed by atoms with Gasteiger partial charge < -0.3 is 14.8 Å². The van der Waals surface area contributed by atoms with E-state index in [-0.39, 0.29) is 5.97 Å². The number of benzene rings is 2. The second-order valence-corrected chi connectivity index (χ2v) is 5.13. The lowest BCUT2D eigenvalue weighted by atomic mass is 10.1. The number of hydrogen-bond donors (Lipinski definition) is 1. The molecule has 0 saturated heterocycles. The Morgan fingerprint density at radius 2 is 1.86 bits per heavy atom. The number of methoxy groups -OCH3 is 1. The standard InChI is InChI=1S/C18H21NO3/c1-13-5-4-6-15(11-13)22-10-9-19-17-8-7-14(2)12-16(17)18(20)21-3/h4-8,11-12,19H,9-10H2,1-3H3. The molecule has 0 heterocycles. The van der Waals surface area contributed by atoms with E-state index in [1.54, 1.807) is 0 Å². The van der Waals surface area contributed by atoms with E-state index >= 15 is 0 Å². The number of aryl methyl sites for hydroxylation is 2. The number of hydrogen-bond acceptors (Lipinski definition) is 4. The Labute approximate surface area is 131 Å². The zero-order chi connectivity index (χ0) is 15.9. The van der Waals surface area contributed by atoms with Crippen molar-refractivity contribution in [2.24, 2.45) is 0 Å². The van der Waals surface area contributed by atoms with Crippen molar-refractivity contribution in [3.05, 3.63) is 59.2 Å². The molecule has 0 amide bonds. The second kappa shape index (κ2) is 7.50. The Morgan fingerprint density at radius 1 is 1.09 bits per heavy atom. The van der Waals surface area contributed by atoms with Crippen LogP contribution in [0.25, 0.3) is 0 Å². The van der Waals surface area contributed by atoms with Gasteiger partial charge in [-0.1, -0.05) is 23.8 Å². The predicted molar refractivity (Wildman–Crippen MR) is 87.7 cm³/mol. The number of carbonyl (C=O) groups excluding carboxylic acids is 1. The van der Waals surface area contributed by atoms with Crippen molar-refractivity contribution in [3.63, 3.8) is 0 Å². The summed E-state index contributed by atoms with van der Waals surface area (Å²) in [6.07, 6.45) is 0. The summed E-state index contributed by atoms with van der Waals surface area (Å²) in [5, 5.41) is 3.21. The molecule has 2 aromatic carbocycles. The third kappa shape index (κ3) is 4.25. The van der Waals surface area contributed by atoms with Gasteiger partial charge in [-0.05, 0) is 43.7 Å². The first-order valence-corrected chi connectivity index (χ1v) is 7.22. The van der Waals surface area contributed by atoms with Crippen molar-refractivity contribution in [2.45, 2.75) is 13.8 Å². The fraction of sp³-hybridized carbons (Fsp3) is 0.278. The molecule has 4 heteroatoms. The van der Waals surface area contributed by atoms with Crippen molar-refractivity contribution in [3.8, 4) is 5.75 Å². The van der Waals surface area contributed by atoms with Crippen LogP contribution in [0.1, 0.15) is 21.5 Å². The number of nitrogens with one attached hydrogen (secondary N) is 1. The van der Waals surface area contributed by atoms with Crippen LogP contribution in [0, 0.1) is 13.8 Å². The molecule has 116 valence electrons. The zero-order valence-corrected chi connectivity index (χ0v) is 13.2. The first kappa shape index (κ1) is 15.9. The molecule has 0 spiro atoms. The van der Waals surface area contributed by atoms with Gasteiger partial charge in [-0.3, -0.25) is 0 Å². The number of carbonyl (C=O) groups is 1. The Hall–Kier alpha value is -2.49. The van der Waals surface area contributed by atoms with E-state index in [1.165, 1.54) is 7.11 Å². The Balaban J connectivity index is 1.93. The number of ether oxygens (including phenoxy) is 2. The molecule has 0 bridgehead atoms. The normalized spacial score (nSPS) is 10.1. The maximum absolute atomic E-state index is 11.8. The molecule has 0 radical (unpaired) electrons. The van der Waals surface area contributed by atoms with Crippen LogP contribution in [0.3, 0.4) is 0 Å². The minimum Gasteiger partial charge on any atom is -0.492 e. The van der Waals surface area contributed by atoms with Gasteiger partial charge in [0, 0.05) is 12.2 Å². The van der Waals surface area contributed by atoms with Crippen LogP contribution in [0.5, 0.6) is 5.75 Å². The van der Waals surface area contributed by atoms with Crippen LogP contribution in [0.4, 0.5) is 5.69 Å². The van der Waals surface area contributed by atoms with Gasteiger partial charge >= 0.3 is 5.97 Å². The highest BCUT2D eigenvalue weighted by molar-refractivity contribution is 5.95. The van der Waals surface area contributed by atoms with E-state index in [0.29, 0.717) is 18.7 Å². The summed E-state index contributed by atoms with van der Waals surface area (Å²) in [4.78, 5) is 11.8. The summed E-state index contributed by atoms with van der Waals surface area (Å²) in [6, 6.07) is 13.6. The van der Waals surface area contributed by atoms with Crippen molar-refractivity contribution in [2.75, 3.05) is 25.6 Å². The Bertz CT molecular complexity index is 653. The van der Waals surface area contributed by atoms with Crippen LogP contribution in [-0.2, 0) is 4.74 Å². The summed E-state index contributed by atoms with van der Waals surface area (Å²) in [6.45, 7) is 5.08. The van der Waals surface area contributed by atoms with Crippen LogP contribution < -0.4 is 10.1 Å². The lowest BCUT2D eigenvalue weighted by Gasteiger charge is -2.12. The molecule has 0 aliphatic carbocycles. The SMILES string of the molecule is COC(=O)c1cc(C)ccc1NCCOc1cccc(C)c1. The Morgan fingerprint density at radius 3 is 2.59 bits per heavy atom. The van der Waals surface area contributed by atoms with Crippen molar-refractivity contribution < 1.29 is 14.3 Å². The van der Waals surface area contributed by atoms with E-state index in [0.717, 1.165) is 22.6 Å². The molecule has 0 unspecified atom stereocenters. The van der Waals surface area contributed by atoms with Gasteiger partial charge in [-0.25, -0.2) is 4.79 Å². The molecule has 0 aromatic heterocycles. The van der Waals surface area contributed by atoms with Crippen LogP contribution >= 0.6 is 0 Å². The maximum Gasteiger partial charge on any atom is 0.339 e. The lowest BCUT2D eigenvalue weighted by Crippen LogP contribution is -2.14. The topological polar surface area (TPSA) is 47.6 Å². The smallest absolute Gasteiger partial charge is 0.339 e. The van der Waals surface area contributed by atoms with Crippen LogP contribution in [0.2, 0.25) is 0 Å². The predicted octanol–water partition coefficient (Wildman–Crippen LogP) is 3.58. The largest absolute Gasteiger partial charge is 0.492 e. The minimum atomic E-state index is -0.342. The molecule has 2 aromatic rings. The van der Waals surface area contributed by atoms with E-state index < -0.39 is 0 Å². The number of rotatable bonds is 6. The van der Waals surface area contributed by atoms with Crippen molar-refractivity contribution in [1.82, 2.24) is 0 Å². The summed E-state index contributed by atoms with van der Waals surface area (Å²) >= 11 is 0. The highest BCUT2D eigenvalue weighted by Crippen LogP contribution is 2.18. The third-order valence-corrected chi connectivity index (χ3v) is 3.26. The second-order valence-electron chi connectivity index (χ2n) is 5.13. The molecule has 4 nitrogen and oxygen atoms in total. The van der Waals surface area contributed by atoms with Crippen molar-refractivity contribution >= 4 is 11.7 Å². The molecular weight excluding hydrogens is 278 g/mol. The summed E-state index contributed by atoms with van der Waals surface area (Å²) < 4.78 is 10.5. The highest BCUT2D eigenvalue weighted by atomic mass is 16.5. The van der Waals surface area contributed by atoms with Gasteiger partial charge in [0.05, 0.1) is 12.7 Å². The fourth-order valence-corrected chi connectivity index (χ4v) is 2.15. The summed E-state index contributed by atoms with van der Waals surface area (Å²) in [5.74, 6) is 0.504. The maximum atomic E-state index is 11.8. The third-order valence-electron chi connectivity index (χ3n) is 3.26. The van der Waals surface area contributed by atoms with Gasteiger partial charge in [-0.2, -0.15) is 0 Å². The van der Waals surface area contributed by atoms with E-state index in [1.807, 2.05) is 56.3 Å². The average molecular weight is 299 g/mol. The van der Waals surface area contributed by atoms with Crippen molar-refractivity contribution in [1.29, 1.82) is 0 Å². The molecule has 0 atom stereocenters. The van der Waals surface area contributed by atoms with Crippen LogP contribution in [-0.4, -0.2) is 26.2 Å². The van der Waals surface area contributed by atoms with Gasteiger partial charge in [0.25, 0.3) is 0 Å². The molecular formula is C18H21NO3. The monoisotopic (exact) mass is 299 g/mol. The first-order valence-electron chi connectivity index (χ1n) is 7.22. The quantitative estimate of drug-likeness (QED) is 0.654. The van der Waals surface area contributed by atoms with E-state index in [2.05, 4.69) is 5.32 Å². The molecule has 0 aliphatic rings. The number of anilines is 1. The van der Waals surface area contributed by atoms with E-state index in [4.69, 9.17) is 9.47 Å². The number of esters is 1. The molecule has 1 N–H and O–H groups in total. The van der Waals surface area contributed by atoms with Gasteiger partial charge in [0.2, 0.25) is 0 Å². The van der Waals surface area contributed by atoms with E-state index in [9.17, 15) is 4.79 Å². The van der Waals surface area contributed by atoms with Gasteiger partial charge in [0.1, 0.15) is 12.4 Å². The molecule has 22 heavy (non-hydrogen) atoms. The summed E-state index contributed by atoms with van der Waals surface area (Å²) in [5.41, 5.74) is 3.47. The summed E-state index contributed by atoms with van der Waals surface area (Å²) in [7, 11) is 1.38. The minimum absolute atomic E-state index is 0.342. The van der Waals surface area contributed by atoms with Crippen LogP contribution in [0.15, 0.2) is 42.5 Å². The lowest BCUT2D eigenvalue weighted by molar-refractivity contribution is 0.0601. The molecule has 0 fully saturated rings. The first-order chi connectivity index (χ1) is 10.6. The molecule has 0 aliphatic heterocycles. The van der Waals surface area contributed by atoms with Gasteiger partial charge in [-0.15, -0.1) is 0 Å². The Kier molecular flexibility index (Phi) is 5.42. The average Bonchev–Trinajstić information content (AvgIpc) is 2.52.